The van der Waals surface area contributed by atoms with Crippen molar-refractivity contribution in [2.75, 3.05) is 26.1 Å². The average Bonchev–Trinajstić information content (AvgIpc) is 2.51. The highest BCUT2D eigenvalue weighted by atomic mass is 35.5. The molecule has 118 valence electrons. The Morgan fingerprint density at radius 3 is 2.10 bits per heavy atom. The minimum atomic E-state index is 0.149. The molecule has 0 spiro atoms. The van der Waals surface area contributed by atoms with Crippen LogP contribution in [0.25, 0.3) is 0 Å². The Bertz CT molecular complexity index is 285. The molecule has 0 saturated heterocycles. The molecule has 0 aromatic heterocycles. The summed E-state index contributed by atoms with van der Waals surface area (Å²) in [4.78, 5) is 1.20. The second-order valence-corrected chi connectivity index (χ2v) is 4.83. The van der Waals surface area contributed by atoms with Crippen molar-refractivity contribution in [2.45, 2.75) is 45.6 Å². The van der Waals surface area contributed by atoms with E-state index in [2.05, 4.69) is 0 Å². The van der Waals surface area contributed by atoms with E-state index in [1.54, 1.807) is 18.9 Å². The molecule has 2 nitrogen and oxygen atoms in total. The first-order chi connectivity index (χ1) is 9.76. The molecule has 0 aliphatic heterocycles. The second-order valence-electron chi connectivity index (χ2n) is 3.30. The Morgan fingerprint density at radius 2 is 1.65 bits per heavy atom. The summed E-state index contributed by atoms with van der Waals surface area (Å²) in [5, 5.41) is 0.766. The topological polar surface area (TPSA) is 18.5 Å². The largest absolute Gasteiger partial charge is 0.382 e. The van der Waals surface area contributed by atoms with Crippen molar-refractivity contribution in [1.29, 1.82) is 0 Å². The van der Waals surface area contributed by atoms with E-state index >= 15 is 0 Å². The summed E-state index contributed by atoms with van der Waals surface area (Å²) in [5.41, 5.74) is 0. The minimum absolute atomic E-state index is 0.149. The van der Waals surface area contributed by atoms with Gasteiger partial charge in [0.2, 0.25) is 0 Å². The Morgan fingerprint density at radius 1 is 1.10 bits per heavy atom. The van der Waals surface area contributed by atoms with E-state index in [4.69, 9.17) is 21.1 Å². The molecule has 1 aromatic rings. The van der Waals surface area contributed by atoms with E-state index < -0.39 is 0 Å². The normalized spacial score (nSPS) is 10.8. The third-order valence-corrected chi connectivity index (χ3v) is 3.40. The molecule has 0 bridgehead atoms. The van der Waals surface area contributed by atoms with E-state index in [1.165, 1.54) is 4.90 Å². The van der Waals surface area contributed by atoms with Crippen molar-refractivity contribution in [3.8, 4) is 0 Å². The molecule has 0 radical (unpaired) electrons. The minimum Gasteiger partial charge on any atom is -0.382 e. The molecule has 0 aliphatic rings. The maximum Gasteiger partial charge on any atom is 0.0901 e. The molecule has 1 aromatic carbocycles. The first-order valence-electron chi connectivity index (χ1n) is 7.25. The van der Waals surface area contributed by atoms with Crippen LogP contribution in [-0.4, -0.2) is 32.2 Å². The fraction of sp³-hybridized carbons (Fsp3) is 0.625. The lowest BCUT2D eigenvalue weighted by Gasteiger charge is -2.15. The van der Waals surface area contributed by atoms with Crippen LogP contribution in [0.1, 0.15) is 34.6 Å². The molecule has 20 heavy (non-hydrogen) atoms. The third kappa shape index (κ3) is 11.6. The zero-order valence-electron chi connectivity index (χ0n) is 13.6. The summed E-state index contributed by atoms with van der Waals surface area (Å²) in [5.74, 6) is 0.892. The number of hydrogen-bond acceptors (Lipinski definition) is 3. The van der Waals surface area contributed by atoms with Gasteiger partial charge in [-0.2, -0.15) is 0 Å². The highest BCUT2D eigenvalue weighted by Crippen LogP contribution is 2.21. The highest BCUT2D eigenvalue weighted by Gasteiger charge is 2.08. The third-order valence-electron chi connectivity index (χ3n) is 2.00. The van der Waals surface area contributed by atoms with Crippen LogP contribution in [0.4, 0.5) is 0 Å². The zero-order chi connectivity index (χ0) is 15.8. The van der Waals surface area contributed by atoms with Gasteiger partial charge in [0.25, 0.3) is 0 Å². The molecule has 1 atom stereocenters. The average molecular weight is 321 g/mol. The molecular formula is C16H29ClO2S. The van der Waals surface area contributed by atoms with Crippen molar-refractivity contribution in [3.05, 3.63) is 29.3 Å². The quantitative estimate of drug-likeness (QED) is 0.615. The van der Waals surface area contributed by atoms with Crippen LogP contribution in [-0.2, 0) is 9.47 Å². The molecule has 1 rings (SSSR count). The second kappa shape index (κ2) is 16.8. The van der Waals surface area contributed by atoms with Crippen molar-refractivity contribution < 1.29 is 9.47 Å². The summed E-state index contributed by atoms with van der Waals surface area (Å²) in [6.07, 6.45) is 0.149. The summed E-state index contributed by atoms with van der Waals surface area (Å²) in [6, 6.07) is 7.83. The van der Waals surface area contributed by atoms with Gasteiger partial charge in [-0.15, -0.1) is 11.8 Å². The molecule has 1 unspecified atom stereocenters. The summed E-state index contributed by atoms with van der Waals surface area (Å²) < 4.78 is 10.7. The Balaban J connectivity index is 0. The molecule has 0 amide bonds. The van der Waals surface area contributed by atoms with Crippen LogP contribution in [0.5, 0.6) is 0 Å². The Labute approximate surface area is 134 Å². The lowest BCUT2D eigenvalue weighted by atomic mass is 10.4. The van der Waals surface area contributed by atoms with Crippen molar-refractivity contribution in [2.24, 2.45) is 0 Å². The van der Waals surface area contributed by atoms with Gasteiger partial charge >= 0.3 is 0 Å². The number of benzene rings is 1. The lowest BCUT2D eigenvalue weighted by molar-refractivity contribution is 0.0183. The van der Waals surface area contributed by atoms with Crippen LogP contribution >= 0.6 is 23.4 Å². The van der Waals surface area contributed by atoms with Crippen LogP contribution in [0, 0.1) is 0 Å². The lowest BCUT2D eigenvalue weighted by Crippen LogP contribution is -2.21. The van der Waals surface area contributed by atoms with Crippen LogP contribution < -0.4 is 0 Å². The summed E-state index contributed by atoms with van der Waals surface area (Å²) >= 11 is 7.57. The summed E-state index contributed by atoms with van der Waals surface area (Å²) in [6.45, 7) is 11.3. The molecule has 0 N–H and O–H groups in total. The van der Waals surface area contributed by atoms with Gasteiger partial charge in [0, 0.05) is 29.4 Å². The number of hydrogen-bond donors (Lipinski definition) is 0. The van der Waals surface area contributed by atoms with E-state index in [1.807, 2.05) is 58.9 Å². The number of halogens is 1. The first kappa shape index (κ1) is 22.1. The van der Waals surface area contributed by atoms with E-state index in [0.29, 0.717) is 6.61 Å². The van der Waals surface area contributed by atoms with Gasteiger partial charge in [0.05, 0.1) is 12.7 Å². The number of methoxy groups -OCH3 is 1. The number of rotatable bonds is 7. The van der Waals surface area contributed by atoms with Crippen molar-refractivity contribution in [1.82, 2.24) is 0 Å². The molecule has 0 heterocycles. The van der Waals surface area contributed by atoms with Gasteiger partial charge in [0.15, 0.2) is 0 Å². The van der Waals surface area contributed by atoms with Crippen LogP contribution in [0.2, 0.25) is 5.02 Å². The standard InChI is InChI=1S/C12H17ClO2S.2C2H6/c1-3-15-11(8-14-2)9-16-12-6-4-10(13)5-7-12;2*1-2/h4-7,11H,3,8-9H2,1-2H3;2*1-2H3. The monoisotopic (exact) mass is 320 g/mol. The number of thioether (sulfide) groups is 1. The fourth-order valence-electron chi connectivity index (χ4n) is 1.29. The predicted molar refractivity (Wildman–Crippen MR) is 92.2 cm³/mol. The van der Waals surface area contributed by atoms with Gasteiger partial charge in [-0.25, -0.2) is 0 Å². The van der Waals surface area contributed by atoms with Gasteiger partial charge < -0.3 is 9.47 Å². The van der Waals surface area contributed by atoms with Crippen LogP contribution in [0.15, 0.2) is 29.2 Å². The van der Waals surface area contributed by atoms with Gasteiger partial charge in [-0.1, -0.05) is 39.3 Å². The van der Waals surface area contributed by atoms with Gasteiger partial charge in [-0.3, -0.25) is 0 Å². The van der Waals surface area contributed by atoms with Crippen molar-refractivity contribution in [3.63, 3.8) is 0 Å². The van der Waals surface area contributed by atoms with Gasteiger partial charge in [0.1, 0.15) is 0 Å². The van der Waals surface area contributed by atoms with E-state index in [0.717, 1.165) is 17.4 Å². The zero-order valence-corrected chi connectivity index (χ0v) is 15.2. The maximum absolute atomic E-state index is 5.82. The Hall–Kier alpha value is -0.220. The SMILES string of the molecule is CC.CC.CCOC(COC)CSc1ccc(Cl)cc1. The van der Waals surface area contributed by atoms with Crippen molar-refractivity contribution >= 4 is 23.4 Å². The number of ether oxygens (including phenoxy) is 2. The molecular weight excluding hydrogens is 292 g/mol. The fourth-order valence-corrected chi connectivity index (χ4v) is 2.31. The molecule has 0 fully saturated rings. The van der Waals surface area contributed by atoms with E-state index in [-0.39, 0.29) is 6.10 Å². The predicted octanol–water partition coefficient (Wildman–Crippen LogP) is 5.54. The molecule has 0 aliphatic carbocycles. The van der Waals surface area contributed by atoms with E-state index in [9.17, 15) is 0 Å². The molecule has 4 heteroatoms. The van der Waals surface area contributed by atoms with Gasteiger partial charge in [-0.05, 0) is 31.2 Å². The summed E-state index contributed by atoms with van der Waals surface area (Å²) in [7, 11) is 1.69. The molecule has 0 saturated carbocycles. The first-order valence-corrected chi connectivity index (χ1v) is 8.61. The highest BCUT2D eigenvalue weighted by molar-refractivity contribution is 7.99. The Kier molecular flexibility index (Phi) is 18.6. The van der Waals surface area contributed by atoms with Crippen LogP contribution in [0.3, 0.4) is 0 Å². The smallest absolute Gasteiger partial charge is 0.0901 e. The maximum atomic E-state index is 5.82.